The van der Waals surface area contributed by atoms with Gasteiger partial charge in [0.1, 0.15) is 0 Å². The predicted octanol–water partition coefficient (Wildman–Crippen LogP) is 6.59. The van der Waals surface area contributed by atoms with Crippen LogP contribution >= 0.6 is 0 Å². The van der Waals surface area contributed by atoms with Crippen molar-refractivity contribution < 1.29 is 0 Å². The van der Waals surface area contributed by atoms with Crippen LogP contribution in [0.1, 0.15) is 57.6 Å². The van der Waals surface area contributed by atoms with Crippen LogP contribution in [0.2, 0.25) is 0 Å². The molecule has 1 aliphatic carbocycles. The van der Waals surface area contributed by atoms with E-state index in [0.717, 1.165) is 11.8 Å². The summed E-state index contributed by atoms with van der Waals surface area (Å²) in [7, 11) is 0. The van der Waals surface area contributed by atoms with Gasteiger partial charge in [-0.3, -0.25) is 0 Å². The highest BCUT2D eigenvalue weighted by Gasteiger charge is 2.13. The summed E-state index contributed by atoms with van der Waals surface area (Å²) in [5.74, 6) is 1.92. The van der Waals surface area contributed by atoms with Crippen molar-refractivity contribution in [2.24, 2.45) is 11.8 Å². The van der Waals surface area contributed by atoms with E-state index in [1.54, 1.807) is 0 Å². The van der Waals surface area contributed by atoms with Crippen LogP contribution in [-0.4, -0.2) is 0 Å². The summed E-state index contributed by atoms with van der Waals surface area (Å²) in [6.07, 6.45) is 11.8. The summed E-state index contributed by atoms with van der Waals surface area (Å²) < 4.78 is 0. The lowest BCUT2D eigenvalue weighted by molar-refractivity contribution is 0.437. The molecule has 0 aliphatic heterocycles. The van der Waals surface area contributed by atoms with Gasteiger partial charge in [0.15, 0.2) is 0 Å². The van der Waals surface area contributed by atoms with Crippen molar-refractivity contribution >= 4 is 0 Å². The molecular formula is C22H30. The van der Waals surface area contributed by atoms with Gasteiger partial charge in [-0.15, -0.1) is 0 Å². The molecule has 1 aliphatic rings. The van der Waals surface area contributed by atoms with Gasteiger partial charge in [-0.25, -0.2) is 0 Å². The Morgan fingerprint density at radius 3 is 2.55 bits per heavy atom. The second-order valence-electron chi connectivity index (χ2n) is 7.31. The van der Waals surface area contributed by atoms with Crippen LogP contribution in [0.4, 0.5) is 0 Å². The lowest BCUT2D eigenvalue weighted by atomic mass is 9.89. The number of hydrogen-bond donors (Lipinski definition) is 0. The fourth-order valence-corrected chi connectivity index (χ4v) is 3.43. The first-order valence-electron chi connectivity index (χ1n) is 8.58. The molecule has 0 fully saturated rings. The van der Waals surface area contributed by atoms with Crippen LogP contribution in [-0.2, 0) is 0 Å². The smallest absolute Gasteiger partial charge is 0.0207 e. The van der Waals surface area contributed by atoms with Gasteiger partial charge in [0, 0.05) is 5.92 Å². The van der Waals surface area contributed by atoms with Crippen molar-refractivity contribution in [1.82, 2.24) is 0 Å². The molecule has 0 amide bonds. The third kappa shape index (κ3) is 4.73. The minimum Gasteiger partial charge on any atom is -0.0732 e. The van der Waals surface area contributed by atoms with Gasteiger partial charge < -0.3 is 0 Å². The Morgan fingerprint density at radius 1 is 1.09 bits per heavy atom. The van der Waals surface area contributed by atoms with Crippen LogP contribution < -0.4 is 0 Å². The van der Waals surface area contributed by atoms with E-state index in [4.69, 9.17) is 0 Å². The molecule has 2 rings (SSSR count). The zero-order chi connectivity index (χ0) is 16.1. The van der Waals surface area contributed by atoms with E-state index in [0.29, 0.717) is 5.92 Å². The van der Waals surface area contributed by atoms with Crippen LogP contribution in [0, 0.1) is 18.8 Å². The molecule has 0 aromatic heterocycles. The maximum absolute atomic E-state index is 2.42. The largest absolute Gasteiger partial charge is 0.0732 e. The first-order chi connectivity index (χ1) is 10.5. The summed E-state index contributed by atoms with van der Waals surface area (Å²) in [5, 5.41) is 0. The third-order valence-electron chi connectivity index (χ3n) is 4.42. The summed E-state index contributed by atoms with van der Waals surface area (Å²) in [4.78, 5) is 0. The average molecular weight is 294 g/mol. The third-order valence-corrected chi connectivity index (χ3v) is 4.42. The maximum Gasteiger partial charge on any atom is 0.0207 e. The minimum absolute atomic E-state index is 0.397. The van der Waals surface area contributed by atoms with Gasteiger partial charge in [-0.1, -0.05) is 80.5 Å². The van der Waals surface area contributed by atoms with Gasteiger partial charge in [0.2, 0.25) is 0 Å². The molecular weight excluding hydrogens is 264 g/mol. The topological polar surface area (TPSA) is 0 Å². The number of allylic oxidation sites excluding steroid dienone is 6. The van der Waals surface area contributed by atoms with Gasteiger partial charge in [0.05, 0.1) is 0 Å². The van der Waals surface area contributed by atoms with E-state index < -0.39 is 0 Å². The zero-order valence-electron chi connectivity index (χ0n) is 14.8. The highest BCUT2D eigenvalue weighted by atomic mass is 14.2. The number of rotatable bonds is 5. The maximum atomic E-state index is 2.42. The van der Waals surface area contributed by atoms with Crippen LogP contribution in [0.15, 0.2) is 59.7 Å². The predicted molar refractivity (Wildman–Crippen MR) is 98.1 cm³/mol. The fraction of sp³-hybridized carbons (Fsp3) is 0.455. The van der Waals surface area contributed by atoms with E-state index in [9.17, 15) is 0 Å². The second kappa shape index (κ2) is 7.63. The molecule has 0 radical (unpaired) electrons. The zero-order valence-corrected chi connectivity index (χ0v) is 14.8. The van der Waals surface area contributed by atoms with Crippen LogP contribution in [0.25, 0.3) is 0 Å². The van der Waals surface area contributed by atoms with E-state index in [1.165, 1.54) is 35.1 Å². The molecule has 22 heavy (non-hydrogen) atoms. The highest BCUT2D eigenvalue weighted by molar-refractivity contribution is 5.42. The van der Waals surface area contributed by atoms with Crippen LogP contribution in [0.3, 0.4) is 0 Å². The number of benzene rings is 1. The molecule has 118 valence electrons. The van der Waals surface area contributed by atoms with E-state index in [-0.39, 0.29) is 0 Å². The summed E-state index contributed by atoms with van der Waals surface area (Å²) in [6, 6.07) is 8.85. The van der Waals surface area contributed by atoms with E-state index in [2.05, 4.69) is 83.2 Å². The van der Waals surface area contributed by atoms with E-state index >= 15 is 0 Å². The fourth-order valence-electron chi connectivity index (χ4n) is 3.43. The Kier molecular flexibility index (Phi) is 5.83. The molecule has 0 spiro atoms. The normalized spacial score (nSPS) is 19.6. The molecule has 1 aromatic carbocycles. The molecule has 0 nitrogen and oxygen atoms in total. The summed E-state index contributed by atoms with van der Waals surface area (Å²) in [5.41, 5.74) is 5.66. The Balaban J connectivity index is 2.13. The summed E-state index contributed by atoms with van der Waals surface area (Å²) in [6.45, 7) is 11.4. The Hall–Kier alpha value is -1.56. The highest BCUT2D eigenvalue weighted by Crippen LogP contribution is 2.30. The molecule has 0 N–H and O–H groups in total. The van der Waals surface area contributed by atoms with Crippen molar-refractivity contribution in [2.45, 2.75) is 53.4 Å². The van der Waals surface area contributed by atoms with Gasteiger partial charge in [-0.05, 0) is 49.7 Å². The molecule has 0 heterocycles. The SMILES string of the molecule is CC1=CC(c2cccc(C)c2)C=CC=C1CC(C)CC(C)C. The Bertz CT molecular complexity index is 584. The van der Waals surface area contributed by atoms with Crippen molar-refractivity contribution in [3.63, 3.8) is 0 Å². The molecule has 2 unspecified atom stereocenters. The average Bonchev–Trinajstić information content (AvgIpc) is 2.60. The quantitative estimate of drug-likeness (QED) is 0.574. The molecule has 2 atom stereocenters. The lowest BCUT2D eigenvalue weighted by Gasteiger charge is -2.17. The second-order valence-corrected chi connectivity index (χ2v) is 7.31. The van der Waals surface area contributed by atoms with Gasteiger partial charge >= 0.3 is 0 Å². The Labute approximate surface area is 136 Å². The monoisotopic (exact) mass is 294 g/mol. The minimum atomic E-state index is 0.397. The van der Waals surface area contributed by atoms with Crippen molar-refractivity contribution in [3.05, 3.63) is 70.8 Å². The van der Waals surface area contributed by atoms with E-state index in [1.807, 2.05) is 0 Å². The van der Waals surface area contributed by atoms with Gasteiger partial charge in [-0.2, -0.15) is 0 Å². The van der Waals surface area contributed by atoms with Crippen molar-refractivity contribution in [2.75, 3.05) is 0 Å². The standard InChI is InChI=1S/C22H30/c1-16(2)12-18(4)14-20-9-7-11-22(15-19(20)5)21-10-6-8-17(3)13-21/h6-11,13,15-16,18,22H,12,14H2,1-5H3. The van der Waals surface area contributed by atoms with Crippen molar-refractivity contribution in [3.8, 4) is 0 Å². The lowest BCUT2D eigenvalue weighted by Crippen LogP contribution is -2.02. The van der Waals surface area contributed by atoms with Crippen molar-refractivity contribution in [1.29, 1.82) is 0 Å². The molecule has 0 heteroatoms. The Morgan fingerprint density at radius 2 is 1.86 bits per heavy atom. The van der Waals surface area contributed by atoms with Crippen LogP contribution in [0.5, 0.6) is 0 Å². The van der Waals surface area contributed by atoms with Gasteiger partial charge in [0.25, 0.3) is 0 Å². The number of aryl methyl sites for hydroxylation is 1. The first kappa shape index (κ1) is 16.8. The molecule has 0 bridgehead atoms. The summed E-state index contributed by atoms with van der Waals surface area (Å²) >= 11 is 0. The molecule has 0 saturated carbocycles. The first-order valence-corrected chi connectivity index (χ1v) is 8.58. The molecule has 1 aromatic rings. The number of hydrogen-bond acceptors (Lipinski definition) is 0. The molecule has 0 saturated heterocycles.